The fourth-order valence-electron chi connectivity index (χ4n) is 2.43. The number of aryl methyl sites for hydroxylation is 1. The van der Waals surface area contributed by atoms with E-state index >= 15 is 0 Å². The minimum atomic E-state index is 0.766. The van der Waals surface area contributed by atoms with E-state index in [1.807, 2.05) is 19.1 Å². The fourth-order valence-corrected chi connectivity index (χ4v) is 3.45. The molecule has 0 saturated carbocycles. The van der Waals surface area contributed by atoms with E-state index < -0.39 is 0 Å². The molecule has 3 rings (SSSR count). The lowest BCUT2D eigenvalue weighted by Gasteiger charge is -2.10. The third kappa shape index (κ3) is 3.67. The van der Waals surface area contributed by atoms with Gasteiger partial charge in [0.1, 0.15) is 5.76 Å². The average molecular weight is 327 g/mol. The van der Waals surface area contributed by atoms with Crippen molar-refractivity contribution in [1.82, 2.24) is 14.8 Å². The highest BCUT2D eigenvalue weighted by Crippen LogP contribution is 2.28. The summed E-state index contributed by atoms with van der Waals surface area (Å²) in [4.78, 5) is 0. The predicted molar refractivity (Wildman–Crippen MR) is 93.6 cm³/mol. The molecule has 23 heavy (non-hydrogen) atoms. The van der Waals surface area contributed by atoms with Crippen molar-refractivity contribution in [2.45, 2.75) is 38.4 Å². The molecule has 0 spiro atoms. The van der Waals surface area contributed by atoms with Crippen molar-refractivity contribution in [2.24, 2.45) is 0 Å². The molecule has 3 aromatic rings. The molecule has 0 atom stereocenters. The van der Waals surface area contributed by atoms with E-state index in [2.05, 4.69) is 46.0 Å². The monoisotopic (exact) mass is 327 g/mol. The van der Waals surface area contributed by atoms with E-state index in [1.165, 1.54) is 18.4 Å². The third-order valence-electron chi connectivity index (χ3n) is 3.73. The van der Waals surface area contributed by atoms with Crippen LogP contribution >= 0.6 is 11.8 Å². The number of aromatic nitrogens is 3. The zero-order valence-corrected chi connectivity index (χ0v) is 14.3. The van der Waals surface area contributed by atoms with Gasteiger partial charge in [0.05, 0.1) is 18.4 Å². The summed E-state index contributed by atoms with van der Waals surface area (Å²) in [5, 5.41) is 9.81. The lowest BCUT2D eigenvalue weighted by atomic mass is 10.2. The molecule has 0 aliphatic heterocycles. The Bertz CT molecular complexity index is 749. The van der Waals surface area contributed by atoms with Crippen LogP contribution < -0.4 is 0 Å². The maximum Gasteiger partial charge on any atom is 0.191 e. The van der Waals surface area contributed by atoms with Gasteiger partial charge in [-0.05, 0) is 25.0 Å². The molecular formula is C18H21N3OS. The van der Waals surface area contributed by atoms with Crippen LogP contribution in [-0.4, -0.2) is 20.5 Å². The van der Waals surface area contributed by atoms with Gasteiger partial charge in [-0.15, -0.1) is 10.2 Å². The van der Waals surface area contributed by atoms with E-state index in [1.54, 1.807) is 18.0 Å². The average Bonchev–Trinajstić information content (AvgIpc) is 3.15. The number of rotatable bonds is 7. The fraction of sp³-hybridized carbons (Fsp3) is 0.333. The van der Waals surface area contributed by atoms with Crippen molar-refractivity contribution in [3.05, 3.63) is 54.0 Å². The van der Waals surface area contributed by atoms with Gasteiger partial charge in [-0.1, -0.05) is 55.4 Å². The van der Waals surface area contributed by atoms with Gasteiger partial charge < -0.3 is 4.42 Å². The number of nitrogens with zero attached hydrogens (tertiary/aromatic N) is 3. The first-order valence-electron chi connectivity index (χ1n) is 7.94. The van der Waals surface area contributed by atoms with E-state index in [4.69, 9.17) is 4.42 Å². The number of thioether (sulfide) groups is 1. The number of hydrogen-bond acceptors (Lipinski definition) is 4. The molecule has 0 radical (unpaired) electrons. The normalized spacial score (nSPS) is 11.0. The summed E-state index contributed by atoms with van der Waals surface area (Å²) in [7, 11) is 0. The summed E-state index contributed by atoms with van der Waals surface area (Å²) < 4.78 is 7.63. The van der Waals surface area contributed by atoms with Gasteiger partial charge in [0.15, 0.2) is 11.0 Å². The van der Waals surface area contributed by atoms with Gasteiger partial charge in [0.25, 0.3) is 0 Å². The smallest absolute Gasteiger partial charge is 0.191 e. The standard InChI is InChI=1S/C18H21N3OS/c1-3-4-12-23-18-20-19-17(16-10-11-22-14(16)2)21(18)13-15-8-6-5-7-9-15/h5-11H,3-4,12-13H2,1-2H3. The van der Waals surface area contributed by atoms with Crippen LogP contribution in [0.25, 0.3) is 11.4 Å². The van der Waals surface area contributed by atoms with Gasteiger partial charge in [0, 0.05) is 5.75 Å². The Kier molecular flexibility index (Phi) is 5.18. The molecule has 0 N–H and O–H groups in total. The maximum atomic E-state index is 5.44. The predicted octanol–water partition coefficient (Wildman–Crippen LogP) is 4.79. The number of unbranched alkanes of at least 4 members (excludes halogenated alkanes) is 1. The van der Waals surface area contributed by atoms with Gasteiger partial charge in [-0.25, -0.2) is 0 Å². The van der Waals surface area contributed by atoms with Gasteiger partial charge >= 0.3 is 0 Å². The second-order valence-electron chi connectivity index (χ2n) is 5.47. The van der Waals surface area contributed by atoms with Crippen LogP contribution in [0, 0.1) is 6.92 Å². The molecule has 2 aromatic heterocycles. The molecule has 0 fully saturated rings. The molecule has 0 unspecified atom stereocenters. The Morgan fingerprint density at radius 3 is 2.65 bits per heavy atom. The molecule has 0 saturated heterocycles. The maximum absolute atomic E-state index is 5.44. The minimum absolute atomic E-state index is 0.766. The number of hydrogen-bond donors (Lipinski definition) is 0. The van der Waals surface area contributed by atoms with E-state index in [9.17, 15) is 0 Å². The van der Waals surface area contributed by atoms with Crippen molar-refractivity contribution in [3.8, 4) is 11.4 Å². The molecule has 0 aliphatic rings. The van der Waals surface area contributed by atoms with Crippen LogP contribution in [0.4, 0.5) is 0 Å². The first kappa shape index (κ1) is 15.9. The Labute approximate surface area is 140 Å². The summed E-state index contributed by atoms with van der Waals surface area (Å²) >= 11 is 1.77. The molecule has 2 heterocycles. The van der Waals surface area contributed by atoms with Crippen LogP contribution in [0.1, 0.15) is 31.1 Å². The molecule has 4 nitrogen and oxygen atoms in total. The Morgan fingerprint density at radius 1 is 1.13 bits per heavy atom. The molecule has 1 aromatic carbocycles. The first-order valence-corrected chi connectivity index (χ1v) is 8.92. The lowest BCUT2D eigenvalue weighted by Crippen LogP contribution is -2.04. The van der Waals surface area contributed by atoms with Crippen molar-refractivity contribution >= 4 is 11.8 Å². The van der Waals surface area contributed by atoms with Crippen molar-refractivity contribution in [3.63, 3.8) is 0 Å². The van der Waals surface area contributed by atoms with Gasteiger partial charge in [-0.3, -0.25) is 4.57 Å². The molecule has 0 aliphatic carbocycles. The Hall–Kier alpha value is -2.01. The van der Waals surface area contributed by atoms with Gasteiger partial charge in [0.2, 0.25) is 0 Å². The number of furan rings is 1. The Morgan fingerprint density at radius 2 is 1.96 bits per heavy atom. The summed E-state index contributed by atoms with van der Waals surface area (Å²) in [6, 6.07) is 12.4. The van der Waals surface area contributed by atoms with Crippen LogP contribution in [-0.2, 0) is 6.54 Å². The summed E-state index contributed by atoms with van der Waals surface area (Å²) in [6.07, 6.45) is 4.08. The van der Waals surface area contributed by atoms with E-state index in [-0.39, 0.29) is 0 Å². The highest BCUT2D eigenvalue weighted by Gasteiger charge is 2.17. The highest BCUT2D eigenvalue weighted by molar-refractivity contribution is 7.99. The van der Waals surface area contributed by atoms with Crippen LogP contribution in [0.5, 0.6) is 0 Å². The molecule has 0 bridgehead atoms. The number of benzene rings is 1. The highest BCUT2D eigenvalue weighted by atomic mass is 32.2. The zero-order valence-electron chi connectivity index (χ0n) is 13.5. The van der Waals surface area contributed by atoms with Crippen molar-refractivity contribution < 1.29 is 4.42 Å². The van der Waals surface area contributed by atoms with Crippen LogP contribution in [0.2, 0.25) is 0 Å². The van der Waals surface area contributed by atoms with Crippen molar-refractivity contribution in [1.29, 1.82) is 0 Å². The zero-order chi connectivity index (χ0) is 16.1. The first-order chi connectivity index (χ1) is 11.3. The minimum Gasteiger partial charge on any atom is -0.469 e. The SMILES string of the molecule is CCCCSc1nnc(-c2ccoc2C)n1Cc1ccccc1. The molecule has 120 valence electrons. The van der Waals surface area contributed by atoms with Crippen molar-refractivity contribution in [2.75, 3.05) is 5.75 Å². The topological polar surface area (TPSA) is 43.9 Å². The van der Waals surface area contributed by atoms with Gasteiger partial charge in [-0.2, -0.15) is 0 Å². The van der Waals surface area contributed by atoms with Crippen LogP contribution in [0.15, 0.2) is 52.2 Å². The molecule has 5 heteroatoms. The largest absolute Gasteiger partial charge is 0.469 e. The van der Waals surface area contributed by atoms with E-state index in [0.29, 0.717) is 0 Å². The quantitative estimate of drug-likeness (QED) is 0.462. The third-order valence-corrected chi connectivity index (χ3v) is 4.78. The van der Waals surface area contributed by atoms with E-state index in [0.717, 1.165) is 34.6 Å². The summed E-state index contributed by atoms with van der Waals surface area (Å²) in [5.41, 5.74) is 2.25. The molecular weight excluding hydrogens is 306 g/mol. The summed E-state index contributed by atoms with van der Waals surface area (Å²) in [6.45, 7) is 4.93. The Balaban J connectivity index is 1.94. The second kappa shape index (κ2) is 7.51. The second-order valence-corrected chi connectivity index (χ2v) is 6.53. The summed E-state index contributed by atoms with van der Waals surface area (Å²) in [5.74, 6) is 2.81. The molecule has 0 amide bonds. The van der Waals surface area contributed by atoms with Crippen LogP contribution in [0.3, 0.4) is 0 Å². The lowest BCUT2D eigenvalue weighted by molar-refractivity contribution is 0.534.